The van der Waals surface area contributed by atoms with Crippen molar-refractivity contribution in [3.8, 4) is 11.5 Å². The molecule has 0 amide bonds. The highest BCUT2D eigenvalue weighted by atomic mass is 16.6. The second-order valence-corrected chi connectivity index (χ2v) is 6.81. The van der Waals surface area contributed by atoms with E-state index in [1.807, 2.05) is 0 Å². The summed E-state index contributed by atoms with van der Waals surface area (Å²) in [6.45, 7) is 4.31. The average Bonchev–Trinajstić information content (AvgIpc) is 2.58. The Bertz CT molecular complexity index is 543. The van der Waals surface area contributed by atoms with Gasteiger partial charge in [-0.2, -0.15) is 0 Å². The summed E-state index contributed by atoms with van der Waals surface area (Å²) in [5.74, 6) is -0.561. The quantitative estimate of drug-likeness (QED) is 0.197. The summed E-state index contributed by atoms with van der Waals surface area (Å²) in [7, 11) is 0. The van der Waals surface area contributed by atoms with Gasteiger partial charge in [0.05, 0.1) is 11.0 Å². The first kappa shape index (κ1) is 21.3. The van der Waals surface area contributed by atoms with Crippen LogP contribution in [0.5, 0.6) is 11.5 Å². The molecule has 142 valence electrons. The monoisotopic (exact) mass is 351 g/mol. The lowest BCUT2D eigenvalue weighted by molar-refractivity contribution is -0.385. The minimum atomic E-state index is -0.443. The first-order valence-corrected chi connectivity index (χ1v) is 9.73. The van der Waals surface area contributed by atoms with E-state index in [1.54, 1.807) is 0 Å². The van der Waals surface area contributed by atoms with Gasteiger partial charge >= 0.3 is 0 Å². The molecule has 25 heavy (non-hydrogen) atoms. The number of unbranched alkanes of at least 4 members (excludes halogenated alkanes) is 8. The Morgan fingerprint density at radius 1 is 0.840 bits per heavy atom. The Hall–Kier alpha value is -1.78. The zero-order chi connectivity index (χ0) is 18.7. The number of phenols is 2. The number of hydrogen-bond acceptors (Lipinski definition) is 4. The Morgan fingerprint density at radius 3 is 1.80 bits per heavy atom. The molecule has 0 spiro atoms. The number of benzene rings is 1. The summed E-state index contributed by atoms with van der Waals surface area (Å²) < 4.78 is 0. The maximum absolute atomic E-state index is 11.4. The molecule has 2 N–H and O–H groups in total. The maximum Gasteiger partial charge on any atom is 0.276 e. The molecule has 1 aromatic rings. The second-order valence-electron chi connectivity index (χ2n) is 6.81. The Labute approximate surface area is 151 Å². The van der Waals surface area contributed by atoms with Gasteiger partial charge in [0.2, 0.25) is 0 Å². The van der Waals surface area contributed by atoms with E-state index in [9.17, 15) is 20.3 Å². The van der Waals surface area contributed by atoms with Crippen LogP contribution in [-0.2, 0) is 12.8 Å². The van der Waals surface area contributed by atoms with E-state index in [4.69, 9.17) is 0 Å². The van der Waals surface area contributed by atoms with Crippen molar-refractivity contribution < 1.29 is 15.1 Å². The third kappa shape index (κ3) is 6.92. The summed E-state index contributed by atoms with van der Waals surface area (Å²) in [5.41, 5.74) is 1.11. The van der Waals surface area contributed by atoms with E-state index in [0.717, 1.165) is 57.4 Å². The molecule has 5 heteroatoms. The molecule has 0 aromatic heterocycles. The van der Waals surface area contributed by atoms with Crippen LogP contribution in [0, 0.1) is 10.1 Å². The normalized spacial score (nSPS) is 11.0. The van der Waals surface area contributed by atoms with E-state index in [0.29, 0.717) is 24.0 Å². The van der Waals surface area contributed by atoms with Crippen LogP contribution in [-0.4, -0.2) is 15.1 Å². The lowest BCUT2D eigenvalue weighted by atomic mass is 9.93. The van der Waals surface area contributed by atoms with Crippen molar-refractivity contribution in [1.29, 1.82) is 0 Å². The summed E-state index contributed by atoms with van der Waals surface area (Å²) in [4.78, 5) is 11.0. The SMILES string of the molecule is CCCCCCCc1c([N+](=O)[O-])cc(O)c(O)c1CCCCCCC. The van der Waals surface area contributed by atoms with Crippen LogP contribution < -0.4 is 0 Å². The molecule has 0 aliphatic rings. The average molecular weight is 351 g/mol. The van der Waals surface area contributed by atoms with Crippen molar-refractivity contribution >= 4 is 5.69 Å². The smallest absolute Gasteiger partial charge is 0.276 e. The fourth-order valence-corrected chi connectivity index (χ4v) is 3.26. The molecule has 0 heterocycles. The molecular weight excluding hydrogens is 318 g/mol. The Morgan fingerprint density at radius 2 is 1.32 bits per heavy atom. The predicted octanol–water partition coefficient (Wildman–Crippen LogP) is 6.03. The molecule has 0 unspecified atom stereocenters. The van der Waals surface area contributed by atoms with Crippen molar-refractivity contribution in [2.24, 2.45) is 0 Å². The molecule has 0 aliphatic heterocycles. The zero-order valence-electron chi connectivity index (χ0n) is 15.7. The summed E-state index contributed by atoms with van der Waals surface area (Å²) in [6.07, 6.45) is 11.9. The van der Waals surface area contributed by atoms with Gasteiger partial charge in [0.25, 0.3) is 5.69 Å². The number of nitrogens with zero attached hydrogens (tertiary/aromatic N) is 1. The van der Waals surface area contributed by atoms with Crippen molar-refractivity contribution in [1.82, 2.24) is 0 Å². The minimum absolute atomic E-state index is 0.0608. The largest absolute Gasteiger partial charge is 0.504 e. The first-order chi connectivity index (χ1) is 12.0. The number of aromatic hydroxyl groups is 2. The van der Waals surface area contributed by atoms with Crippen LogP contribution in [0.15, 0.2) is 6.07 Å². The number of nitro benzene ring substituents is 1. The van der Waals surface area contributed by atoms with Gasteiger partial charge in [-0.15, -0.1) is 0 Å². The standard InChI is InChI=1S/C20H33NO4/c1-3-5-7-9-11-13-16-17(14-12-10-8-6-4-2)20(23)19(22)15-18(16)21(24)25/h15,22-23H,3-14H2,1-2H3. The summed E-state index contributed by atoms with van der Waals surface area (Å²) >= 11 is 0. The lowest BCUT2D eigenvalue weighted by Crippen LogP contribution is -2.03. The molecule has 0 saturated heterocycles. The molecule has 0 radical (unpaired) electrons. The second kappa shape index (κ2) is 11.7. The minimum Gasteiger partial charge on any atom is -0.504 e. The highest BCUT2D eigenvalue weighted by molar-refractivity contribution is 5.59. The number of nitro groups is 1. The maximum atomic E-state index is 11.4. The number of phenolic OH excluding ortho intramolecular Hbond substituents is 2. The van der Waals surface area contributed by atoms with Crippen LogP contribution in [0.2, 0.25) is 0 Å². The van der Waals surface area contributed by atoms with Crippen LogP contribution in [0.4, 0.5) is 5.69 Å². The van der Waals surface area contributed by atoms with Gasteiger partial charge in [-0.25, -0.2) is 0 Å². The third-order valence-corrected chi connectivity index (χ3v) is 4.73. The molecule has 0 fully saturated rings. The fraction of sp³-hybridized carbons (Fsp3) is 0.700. The Balaban J connectivity index is 2.90. The fourth-order valence-electron chi connectivity index (χ4n) is 3.26. The van der Waals surface area contributed by atoms with Gasteiger partial charge in [-0.1, -0.05) is 65.2 Å². The highest BCUT2D eigenvalue weighted by Gasteiger charge is 2.23. The van der Waals surface area contributed by atoms with E-state index in [1.165, 1.54) is 12.8 Å². The van der Waals surface area contributed by atoms with Crippen molar-refractivity contribution in [3.63, 3.8) is 0 Å². The van der Waals surface area contributed by atoms with Crippen molar-refractivity contribution in [2.45, 2.75) is 90.9 Å². The van der Waals surface area contributed by atoms with Gasteiger partial charge in [0, 0.05) is 11.1 Å². The van der Waals surface area contributed by atoms with Gasteiger partial charge in [0.15, 0.2) is 11.5 Å². The van der Waals surface area contributed by atoms with Crippen LogP contribution in [0.3, 0.4) is 0 Å². The molecule has 1 aromatic carbocycles. The summed E-state index contributed by atoms with van der Waals surface area (Å²) in [5, 5.41) is 31.5. The van der Waals surface area contributed by atoms with E-state index in [2.05, 4.69) is 13.8 Å². The van der Waals surface area contributed by atoms with Crippen molar-refractivity contribution in [3.05, 3.63) is 27.3 Å². The number of hydrogen-bond donors (Lipinski definition) is 2. The van der Waals surface area contributed by atoms with Gasteiger partial charge in [-0.05, 0) is 25.7 Å². The predicted molar refractivity (Wildman–Crippen MR) is 101 cm³/mol. The first-order valence-electron chi connectivity index (χ1n) is 9.73. The molecule has 1 rings (SSSR count). The number of rotatable bonds is 13. The molecule has 5 nitrogen and oxygen atoms in total. The van der Waals surface area contributed by atoms with Crippen LogP contribution >= 0.6 is 0 Å². The third-order valence-electron chi connectivity index (χ3n) is 4.73. The van der Waals surface area contributed by atoms with E-state index >= 15 is 0 Å². The topological polar surface area (TPSA) is 83.6 Å². The molecular formula is C20H33NO4. The molecule has 0 saturated carbocycles. The van der Waals surface area contributed by atoms with Crippen LogP contribution in [0.1, 0.15) is 89.2 Å². The lowest BCUT2D eigenvalue weighted by Gasteiger charge is -2.13. The van der Waals surface area contributed by atoms with Gasteiger partial charge in [0.1, 0.15) is 0 Å². The van der Waals surface area contributed by atoms with E-state index < -0.39 is 4.92 Å². The molecule has 0 atom stereocenters. The highest BCUT2D eigenvalue weighted by Crippen LogP contribution is 2.39. The zero-order valence-corrected chi connectivity index (χ0v) is 15.7. The Kier molecular flexibility index (Phi) is 9.97. The van der Waals surface area contributed by atoms with Gasteiger partial charge < -0.3 is 10.2 Å². The van der Waals surface area contributed by atoms with Crippen molar-refractivity contribution in [2.75, 3.05) is 0 Å². The molecule has 0 aliphatic carbocycles. The van der Waals surface area contributed by atoms with Gasteiger partial charge in [-0.3, -0.25) is 10.1 Å². The molecule has 0 bridgehead atoms. The summed E-state index contributed by atoms with van der Waals surface area (Å²) in [6, 6.07) is 1.09. The van der Waals surface area contributed by atoms with E-state index in [-0.39, 0.29) is 17.2 Å². The van der Waals surface area contributed by atoms with Crippen LogP contribution in [0.25, 0.3) is 0 Å².